The minimum atomic E-state index is -0.941. The van der Waals surface area contributed by atoms with Gasteiger partial charge < -0.3 is 14.5 Å². The van der Waals surface area contributed by atoms with E-state index < -0.39 is 30.4 Å². The van der Waals surface area contributed by atoms with Crippen LogP contribution in [0.3, 0.4) is 0 Å². The van der Waals surface area contributed by atoms with E-state index in [0.29, 0.717) is 11.3 Å². The maximum absolute atomic E-state index is 12.7. The number of fused-ring (bicyclic) bond motifs is 1. The van der Waals surface area contributed by atoms with E-state index in [9.17, 15) is 19.2 Å². The standard InChI is InChI=1S/C23H15BrN2O6/c24-15-9-7-14(8-10-15)20(27)25-19(12-16-4-3-11-31-16)23(30)32-13-26-21(28)17-5-1-2-6-18(17)22(26)29/h1-12H,13H2,(H,25,27)/b19-12-. The number of imide groups is 1. The molecule has 2 heterocycles. The SMILES string of the molecule is O=C(OCN1C(=O)c2ccccc2C1=O)/C(=C/c1ccco1)NC(=O)c1ccc(Br)cc1. The molecule has 2 aromatic carbocycles. The number of ether oxygens (including phenoxy) is 1. The van der Waals surface area contributed by atoms with Gasteiger partial charge in [-0.05, 0) is 48.5 Å². The van der Waals surface area contributed by atoms with Gasteiger partial charge in [0.2, 0.25) is 0 Å². The van der Waals surface area contributed by atoms with E-state index in [-0.39, 0.29) is 16.8 Å². The van der Waals surface area contributed by atoms with Crippen molar-refractivity contribution in [2.24, 2.45) is 0 Å². The number of nitrogens with one attached hydrogen (secondary N) is 1. The summed E-state index contributed by atoms with van der Waals surface area (Å²) in [6.07, 6.45) is 2.70. The van der Waals surface area contributed by atoms with Crippen LogP contribution in [0.1, 0.15) is 36.8 Å². The van der Waals surface area contributed by atoms with Crippen LogP contribution in [0.25, 0.3) is 6.08 Å². The van der Waals surface area contributed by atoms with Gasteiger partial charge in [-0.1, -0.05) is 28.1 Å². The van der Waals surface area contributed by atoms with Crippen LogP contribution < -0.4 is 5.32 Å². The third-order valence-corrected chi connectivity index (χ3v) is 5.14. The van der Waals surface area contributed by atoms with Crippen LogP contribution in [0.4, 0.5) is 0 Å². The number of rotatable bonds is 6. The lowest BCUT2D eigenvalue weighted by Gasteiger charge is -2.15. The molecule has 0 saturated heterocycles. The van der Waals surface area contributed by atoms with Crippen molar-refractivity contribution in [3.8, 4) is 0 Å². The van der Waals surface area contributed by atoms with Crippen molar-refractivity contribution in [2.45, 2.75) is 0 Å². The van der Waals surface area contributed by atoms with E-state index in [1.807, 2.05) is 0 Å². The Bertz CT molecular complexity index is 1200. The van der Waals surface area contributed by atoms with E-state index >= 15 is 0 Å². The summed E-state index contributed by atoms with van der Waals surface area (Å²) < 4.78 is 11.2. The van der Waals surface area contributed by atoms with Gasteiger partial charge in [0.1, 0.15) is 11.5 Å². The predicted octanol–water partition coefficient (Wildman–Crippen LogP) is 3.61. The van der Waals surface area contributed by atoms with Gasteiger partial charge >= 0.3 is 5.97 Å². The first kappa shape index (κ1) is 21.3. The molecule has 4 rings (SSSR count). The number of halogens is 1. The highest BCUT2D eigenvalue weighted by atomic mass is 79.9. The Morgan fingerprint density at radius 2 is 1.62 bits per heavy atom. The molecule has 8 nitrogen and oxygen atoms in total. The molecule has 160 valence electrons. The fraction of sp³-hybridized carbons (Fsp3) is 0.0435. The molecule has 0 saturated carbocycles. The molecule has 0 unspecified atom stereocenters. The van der Waals surface area contributed by atoms with E-state index in [4.69, 9.17) is 9.15 Å². The fourth-order valence-corrected chi connectivity index (χ4v) is 3.28. The van der Waals surface area contributed by atoms with Crippen LogP contribution in [0.2, 0.25) is 0 Å². The molecule has 32 heavy (non-hydrogen) atoms. The second-order valence-corrected chi connectivity index (χ2v) is 7.59. The highest BCUT2D eigenvalue weighted by Gasteiger charge is 2.36. The summed E-state index contributed by atoms with van der Waals surface area (Å²) in [4.78, 5) is 51.0. The number of furan rings is 1. The first-order valence-corrected chi connectivity index (χ1v) is 10.2. The summed E-state index contributed by atoms with van der Waals surface area (Å²) in [5.74, 6) is -2.31. The van der Waals surface area contributed by atoms with Crippen molar-refractivity contribution < 1.29 is 28.3 Å². The average molecular weight is 495 g/mol. The molecule has 0 fully saturated rings. The molecule has 0 spiro atoms. The Morgan fingerprint density at radius 1 is 0.969 bits per heavy atom. The van der Waals surface area contributed by atoms with Gasteiger partial charge in [-0.15, -0.1) is 0 Å². The van der Waals surface area contributed by atoms with Crippen LogP contribution >= 0.6 is 15.9 Å². The normalized spacial score (nSPS) is 13.2. The van der Waals surface area contributed by atoms with Crippen LogP contribution in [0.5, 0.6) is 0 Å². The number of benzene rings is 2. The maximum Gasteiger partial charge on any atom is 0.356 e. The van der Waals surface area contributed by atoms with Crippen molar-refractivity contribution in [2.75, 3.05) is 6.73 Å². The zero-order valence-corrected chi connectivity index (χ0v) is 18.0. The van der Waals surface area contributed by atoms with E-state index in [0.717, 1.165) is 9.37 Å². The summed E-state index contributed by atoms with van der Waals surface area (Å²) in [5, 5.41) is 2.49. The second kappa shape index (κ2) is 9.03. The van der Waals surface area contributed by atoms with Gasteiger partial charge in [-0.3, -0.25) is 14.4 Å². The lowest BCUT2D eigenvalue weighted by Crippen LogP contribution is -2.35. The van der Waals surface area contributed by atoms with Crippen LogP contribution in [-0.2, 0) is 9.53 Å². The Balaban J connectivity index is 1.50. The lowest BCUT2D eigenvalue weighted by molar-refractivity contribution is -0.141. The average Bonchev–Trinajstić information content (AvgIpc) is 3.39. The molecule has 0 bridgehead atoms. The lowest BCUT2D eigenvalue weighted by atomic mass is 10.1. The summed E-state index contributed by atoms with van der Waals surface area (Å²) in [7, 11) is 0. The number of hydrogen-bond acceptors (Lipinski definition) is 6. The first-order chi connectivity index (χ1) is 15.4. The zero-order valence-electron chi connectivity index (χ0n) is 16.4. The van der Waals surface area contributed by atoms with Gasteiger partial charge in [0.05, 0.1) is 17.4 Å². The first-order valence-electron chi connectivity index (χ1n) is 9.38. The molecule has 1 aromatic heterocycles. The van der Waals surface area contributed by atoms with Gasteiger partial charge in [-0.25, -0.2) is 9.69 Å². The number of hydrogen-bond donors (Lipinski definition) is 1. The number of amides is 3. The maximum atomic E-state index is 12.7. The molecule has 0 radical (unpaired) electrons. The molecule has 1 aliphatic rings. The summed E-state index contributed by atoms with van der Waals surface area (Å²) in [6, 6.07) is 16.1. The van der Waals surface area contributed by atoms with Crippen LogP contribution in [0, 0.1) is 0 Å². The van der Waals surface area contributed by atoms with Crippen molar-refractivity contribution in [3.63, 3.8) is 0 Å². The molecule has 0 aliphatic carbocycles. The fourth-order valence-electron chi connectivity index (χ4n) is 3.01. The van der Waals surface area contributed by atoms with E-state index in [1.54, 1.807) is 48.5 Å². The number of esters is 1. The summed E-state index contributed by atoms with van der Waals surface area (Å²) >= 11 is 3.29. The number of nitrogens with zero attached hydrogens (tertiary/aromatic N) is 1. The molecular formula is C23H15BrN2O6. The second-order valence-electron chi connectivity index (χ2n) is 6.68. The van der Waals surface area contributed by atoms with Crippen molar-refractivity contribution in [3.05, 3.63) is 99.5 Å². The van der Waals surface area contributed by atoms with Crippen molar-refractivity contribution in [1.82, 2.24) is 10.2 Å². The van der Waals surface area contributed by atoms with Gasteiger partial charge in [0.15, 0.2) is 6.73 Å². The smallest absolute Gasteiger partial charge is 0.356 e. The Hall–Kier alpha value is -3.98. The Morgan fingerprint density at radius 3 is 2.22 bits per heavy atom. The highest BCUT2D eigenvalue weighted by Crippen LogP contribution is 2.22. The summed E-state index contributed by atoms with van der Waals surface area (Å²) in [6.45, 7) is -0.602. The molecule has 3 aromatic rings. The largest absolute Gasteiger partial charge is 0.465 e. The van der Waals surface area contributed by atoms with Gasteiger partial charge in [0.25, 0.3) is 17.7 Å². The van der Waals surface area contributed by atoms with Crippen LogP contribution in [0.15, 0.2) is 81.5 Å². The van der Waals surface area contributed by atoms with Crippen molar-refractivity contribution in [1.29, 1.82) is 0 Å². The molecule has 0 atom stereocenters. The molecule has 1 aliphatic heterocycles. The Kier molecular flexibility index (Phi) is 6.00. The third-order valence-electron chi connectivity index (χ3n) is 4.61. The minimum Gasteiger partial charge on any atom is -0.465 e. The molecule has 3 amide bonds. The number of carbonyl (C=O) groups is 4. The Labute approximate surface area is 190 Å². The zero-order chi connectivity index (χ0) is 22.7. The molecule has 1 N–H and O–H groups in total. The highest BCUT2D eigenvalue weighted by molar-refractivity contribution is 9.10. The van der Waals surface area contributed by atoms with Gasteiger partial charge in [0, 0.05) is 16.1 Å². The summed E-state index contributed by atoms with van der Waals surface area (Å²) in [5.41, 5.74) is 0.572. The predicted molar refractivity (Wildman–Crippen MR) is 116 cm³/mol. The third kappa shape index (κ3) is 4.37. The molecule has 9 heteroatoms. The quantitative estimate of drug-likeness (QED) is 0.318. The number of carbonyl (C=O) groups excluding carboxylic acids is 4. The minimum absolute atomic E-state index is 0.218. The molecular weight excluding hydrogens is 480 g/mol. The van der Waals surface area contributed by atoms with E-state index in [2.05, 4.69) is 21.2 Å². The monoisotopic (exact) mass is 494 g/mol. The van der Waals surface area contributed by atoms with Gasteiger partial charge in [-0.2, -0.15) is 0 Å². The van der Waals surface area contributed by atoms with Crippen molar-refractivity contribution >= 4 is 45.7 Å². The van der Waals surface area contributed by atoms with Crippen LogP contribution in [-0.4, -0.2) is 35.3 Å². The van der Waals surface area contributed by atoms with E-state index in [1.165, 1.54) is 24.5 Å². The topological polar surface area (TPSA) is 106 Å².